The summed E-state index contributed by atoms with van der Waals surface area (Å²) in [4.78, 5) is 4.23. The van der Waals surface area contributed by atoms with Gasteiger partial charge in [0.1, 0.15) is 5.82 Å². The van der Waals surface area contributed by atoms with E-state index in [-0.39, 0.29) is 11.9 Å². The number of rotatable bonds is 6. The average molecular weight is 264 g/mol. The number of nitrogens with zero attached hydrogens (tertiary/aromatic N) is 1. The molecule has 1 heterocycles. The SMILES string of the molecule is CCC(NCCc1nccs1)c1ccccc1F. The van der Waals surface area contributed by atoms with Crippen LogP contribution in [-0.4, -0.2) is 11.5 Å². The van der Waals surface area contributed by atoms with Gasteiger partial charge in [-0.3, -0.25) is 0 Å². The van der Waals surface area contributed by atoms with Gasteiger partial charge in [0, 0.05) is 36.1 Å². The Morgan fingerprint density at radius 3 is 2.89 bits per heavy atom. The Morgan fingerprint density at radius 2 is 2.22 bits per heavy atom. The maximum absolute atomic E-state index is 13.7. The Bertz CT molecular complexity index is 470. The van der Waals surface area contributed by atoms with Gasteiger partial charge in [-0.05, 0) is 12.5 Å². The molecule has 2 aromatic rings. The molecule has 4 heteroatoms. The molecule has 96 valence electrons. The molecule has 1 N–H and O–H groups in total. The summed E-state index contributed by atoms with van der Waals surface area (Å²) < 4.78 is 13.7. The largest absolute Gasteiger partial charge is 0.309 e. The molecule has 0 fully saturated rings. The van der Waals surface area contributed by atoms with Crippen molar-refractivity contribution in [3.05, 3.63) is 52.2 Å². The zero-order valence-corrected chi connectivity index (χ0v) is 11.2. The smallest absolute Gasteiger partial charge is 0.127 e. The maximum Gasteiger partial charge on any atom is 0.127 e. The Hall–Kier alpha value is -1.26. The topological polar surface area (TPSA) is 24.9 Å². The number of thiazole rings is 1. The first-order valence-corrected chi connectivity index (χ1v) is 7.05. The Morgan fingerprint density at radius 1 is 1.39 bits per heavy atom. The van der Waals surface area contributed by atoms with Crippen LogP contribution >= 0.6 is 11.3 Å². The molecule has 1 atom stereocenters. The molecular weight excluding hydrogens is 247 g/mol. The van der Waals surface area contributed by atoms with E-state index in [0.29, 0.717) is 0 Å². The van der Waals surface area contributed by atoms with E-state index < -0.39 is 0 Å². The van der Waals surface area contributed by atoms with Gasteiger partial charge in [0.25, 0.3) is 0 Å². The van der Waals surface area contributed by atoms with Crippen molar-refractivity contribution in [3.63, 3.8) is 0 Å². The summed E-state index contributed by atoms with van der Waals surface area (Å²) in [6.07, 6.45) is 3.58. The molecule has 0 saturated carbocycles. The van der Waals surface area contributed by atoms with E-state index in [1.54, 1.807) is 17.4 Å². The van der Waals surface area contributed by atoms with Crippen LogP contribution in [0.15, 0.2) is 35.8 Å². The fourth-order valence-electron chi connectivity index (χ4n) is 1.96. The second kappa shape index (κ2) is 6.61. The van der Waals surface area contributed by atoms with Crippen molar-refractivity contribution in [2.75, 3.05) is 6.54 Å². The third kappa shape index (κ3) is 3.37. The van der Waals surface area contributed by atoms with E-state index in [1.165, 1.54) is 6.07 Å². The predicted molar refractivity (Wildman–Crippen MR) is 73.3 cm³/mol. The monoisotopic (exact) mass is 264 g/mol. The minimum absolute atomic E-state index is 0.0752. The minimum Gasteiger partial charge on any atom is -0.309 e. The van der Waals surface area contributed by atoms with Gasteiger partial charge in [0.2, 0.25) is 0 Å². The molecule has 1 aromatic heterocycles. The fraction of sp³-hybridized carbons (Fsp3) is 0.357. The number of benzene rings is 1. The third-order valence-corrected chi connectivity index (χ3v) is 3.74. The maximum atomic E-state index is 13.7. The molecule has 0 aliphatic carbocycles. The van der Waals surface area contributed by atoms with Gasteiger partial charge in [0.15, 0.2) is 0 Å². The van der Waals surface area contributed by atoms with Crippen molar-refractivity contribution in [2.24, 2.45) is 0 Å². The summed E-state index contributed by atoms with van der Waals surface area (Å²) >= 11 is 1.66. The molecule has 1 aromatic carbocycles. The van der Waals surface area contributed by atoms with Crippen LogP contribution in [0.5, 0.6) is 0 Å². The molecule has 0 spiro atoms. The Balaban J connectivity index is 1.91. The second-order valence-electron chi connectivity index (χ2n) is 4.11. The molecule has 1 unspecified atom stereocenters. The van der Waals surface area contributed by atoms with Crippen molar-refractivity contribution in [1.82, 2.24) is 10.3 Å². The molecule has 18 heavy (non-hydrogen) atoms. The van der Waals surface area contributed by atoms with Crippen molar-refractivity contribution < 1.29 is 4.39 Å². The number of halogens is 1. The molecule has 0 aliphatic heterocycles. The lowest BCUT2D eigenvalue weighted by molar-refractivity contribution is 0.491. The predicted octanol–water partition coefficient (Wildman–Crippen LogP) is 3.57. The first-order chi connectivity index (χ1) is 8.81. The summed E-state index contributed by atoms with van der Waals surface area (Å²) in [5, 5.41) is 6.48. The minimum atomic E-state index is -0.133. The zero-order chi connectivity index (χ0) is 12.8. The van der Waals surface area contributed by atoms with Gasteiger partial charge >= 0.3 is 0 Å². The summed E-state index contributed by atoms with van der Waals surface area (Å²) in [6, 6.07) is 7.04. The summed E-state index contributed by atoms with van der Waals surface area (Å²) in [6.45, 7) is 2.88. The van der Waals surface area contributed by atoms with E-state index in [4.69, 9.17) is 0 Å². The lowest BCUT2D eigenvalue weighted by Crippen LogP contribution is -2.24. The van der Waals surface area contributed by atoms with E-state index in [0.717, 1.165) is 30.0 Å². The average Bonchev–Trinajstić information content (AvgIpc) is 2.89. The van der Waals surface area contributed by atoms with Crippen molar-refractivity contribution >= 4 is 11.3 Å². The van der Waals surface area contributed by atoms with Gasteiger partial charge < -0.3 is 5.32 Å². The van der Waals surface area contributed by atoms with Crippen molar-refractivity contribution in [1.29, 1.82) is 0 Å². The second-order valence-corrected chi connectivity index (χ2v) is 5.09. The highest BCUT2D eigenvalue weighted by molar-refractivity contribution is 7.09. The quantitative estimate of drug-likeness (QED) is 0.863. The third-order valence-electron chi connectivity index (χ3n) is 2.90. The molecular formula is C14H17FN2S. The van der Waals surface area contributed by atoms with Gasteiger partial charge in [-0.1, -0.05) is 25.1 Å². The van der Waals surface area contributed by atoms with Crippen LogP contribution in [-0.2, 0) is 6.42 Å². The van der Waals surface area contributed by atoms with Gasteiger partial charge in [-0.2, -0.15) is 0 Å². The Labute approximate surface area is 111 Å². The lowest BCUT2D eigenvalue weighted by atomic mass is 10.0. The molecule has 0 radical (unpaired) electrons. The van der Waals surface area contributed by atoms with Crippen molar-refractivity contribution in [3.8, 4) is 0 Å². The molecule has 0 saturated heterocycles. The molecule has 2 rings (SSSR count). The number of hydrogen-bond acceptors (Lipinski definition) is 3. The zero-order valence-electron chi connectivity index (χ0n) is 10.4. The van der Waals surface area contributed by atoms with Crippen LogP contribution in [0.1, 0.15) is 30.0 Å². The normalized spacial score (nSPS) is 12.6. The summed E-state index contributed by atoms with van der Waals surface area (Å²) in [5.74, 6) is -0.133. The van der Waals surface area contributed by atoms with Crippen LogP contribution in [0.3, 0.4) is 0 Å². The first kappa shape index (κ1) is 13.2. The first-order valence-electron chi connectivity index (χ1n) is 6.17. The highest BCUT2D eigenvalue weighted by Gasteiger charge is 2.12. The van der Waals surface area contributed by atoms with Gasteiger partial charge in [0.05, 0.1) is 5.01 Å². The van der Waals surface area contributed by atoms with Crippen molar-refractivity contribution in [2.45, 2.75) is 25.8 Å². The van der Waals surface area contributed by atoms with Crippen LogP contribution in [0, 0.1) is 5.82 Å². The number of hydrogen-bond donors (Lipinski definition) is 1. The van der Waals surface area contributed by atoms with Crippen LogP contribution < -0.4 is 5.32 Å². The van der Waals surface area contributed by atoms with Crippen LogP contribution in [0.25, 0.3) is 0 Å². The molecule has 2 nitrogen and oxygen atoms in total. The van der Waals surface area contributed by atoms with E-state index >= 15 is 0 Å². The molecule has 0 aliphatic rings. The van der Waals surface area contributed by atoms with Crippen LogP contribution in [0.4, 0.5) is 4.39 Å². The van der Waals surface area contributed by atoms with E-state index in [1.807, 2.05) is 23.7 Å². The summed E-state index contributed by atoms with van der Waals surface area (Å²) in [7, 11) is 0. The fourth-order valence-corrected chi connectivity index (χ4v) is 2.58. The van der Waals surface area contributed by atoms with Gasteiger partial charge in [-0.15, -0.1) is 11.3 Å². The van der Waals surface area contributed by atoms with E-state index in [2.05, 4.69) is 17.2 Å². The number of nitrogens with one attached hydrogen (secondary N) is 1. The van der Waals surface area contributed by atoms with Gasteiger partial charge in [-0.25, -0.2) is 9.37 Å². The molecule has 0 amide bonds. The summed E-state index contributed by atoms with van der Waals surface area (Å²) in [5.41, 5.74) is 0.749. The van der Waals surface area contributed by atoms with E-state index in [9.17, 15) is 4.39 Å². The highest BCUT2D eigenvalue weighted by atomic mass is 32.1. The standard InChI is InChI=1S/C14H17FN2S/c1-2-13(11-5-3-4-6-12(11)15)16-8-7-14-17-9-10-18-14/h3-6,9-10,13,16H,2,7-8H2,1H3. The molecule has 0 bridgehead atoms. The van der Waals surface area contributed by atoms with Crippen LogP contribution in [0.2, 0.25) is 0 Å². The highest BCUT2D eigenvalue weighted by Crippen LogP contribution is 2.19. The Kier molecular flexibility index (Phi) is 4.84. The lowest BCUT2D eigenvalue weighted by Gasteiger charge is -2.17. The number of aromatic nitrogens is 1.